The van der Waals surface area contributed by atoms with E-state index >= 15 is 0 Å². The van der Waals surface area contributed by atoms with Crippen LogP contribution in [0.4, 0.5) is 0 Å². The maximum Gasteiger partial charge on any atom is 0.339 e. The predicted molar refractivity (Wildman–Crippen MR) is 101 cm³/mol. The Bertz CT molecular complexity index is 897. The van der Waals surface area contributed by atoms with Gasteiger partial charge in [-0.2, -0.15) is 0 Å². The molecule has 0 saturated heterocycles. The average Bonchev–Trinajstić information content (AvgIpc) is 2.71. The van der Waals surface area contributed by atoms with Gasteiger partial charge in [-0.05, 0) is 30.0 Å². The first-order chi connectivity index (χ1) is 13.4. The van der Waals surface area contributed by atoms with E-state index < -0.39 is 35.3 Å². The highest BCUT2D eigenvalue weighted by Crippen LogP contribution is 2.34. The van der Waals surface area contributed by atoms with E-state index in [4.69, 9.17) is 10.5 Å². The number of fused-ring (bicyclic) bond motifs is 1. The first kappa shape index (κ1) is 19.7. The van der Waals surface area contributed by atoms with Crippen molar-refractivity contribution in [1.29, 1.82) is 0 Å². The van der Waals surface area contributed by atoms with Crippen molar-refractivity contribution in [3.05, 3.63) is 71.3 Å². The third kappa shape index (κ3) is 3.54. The second-order valence-electron chi connectivity index (χ2n) is 6.86. The molecule has 1 aliphatic rings. The molecule has 0 aliphatic carbocycles. The molecule has 3 atom stereocenters. The van der Waals surface area contributed by atoms with E-state index in [9.17, 15) is 19.5 Å². The monoisotopic (exact) mass is 382 g/mol. The molecule has 7 nitrogen and oxygen atoms in total. The van der Waals surface area contributed by atoms with Gasteiger partial charge in [-0.1, -0.05) is 54.6 Å². The van der Waals surface area contributed by atoms with Crippen molar-refractivity contribution in [2.24, 2.45) is 5.73 Å². The van der Waals surface area contributed by atoms with Gasteiger partial charge >= 0.3 is 11.9 Å². The largest absolute Gasteiger partial charge is 0.480 e. The Balaban J connectivity index is 2.05. The quantitative estimate of drug-likeness (QED) is 0.506. The lowest BCUT2D eigenvalue weighted by Gasteiger charge is -2.40. The van der Waals surface area contributed by atoms with Crippen molar-refractivity contribution < 1.29 is 24.2 Å². The Hall–Kier alpha value is -3.03. The van der Waals surface area contributed by atoms with Gasteiger partial charge in [-0.3, -0.25) is 14.9 Å². The van der Waals surface area contributed by atoms with Crippen LogP contribution < -0.4 is 11.1 Å². The maximum absolute atomic E-state index is 13.2. The summed E-state index contributed by atoms with van der Waals surface area (Å²) in [5, 5.41) is 12.3. The molecule has 3 rings (SSSR count). The van der Waals surface area contributed by atoms with Crippen LogP contribution in [0.3, 0.4) is 0 Å². The fraction of sp³-hybridized carbons (Fsp3) is 0.286. The van der Waals surface area contributed by atoms with E-state index in [-0.39, 0.29) is 13.0 Å². The number of nitrogens with two attached hydrogens (primary N) is 1. The maximum atomic E-state index is 13.2. The summed E-state index contributed by atoms with van der Waals surface area (Å²) in [4.78, 5) is 38.0. The van der Waals surface area contributed by atoms with Crippen molar-refractivity contribution in [3.8, 4) is 0 Å². The number of aliphatic carboxylic acids is 1. The third-order valence-electron chi connectivity index (χ3n) is 4.84. The van der Waals surface area contributed by atoms with Crippen molar-refractivity contribution in [1.82, 2.24) is 5.32 Å². The van der Waals surface area contributed by atoms with Crippen molar-refractivity contribution in [2.45, 2.75) is 37.6 Å². The zero-order chi connectivity index (χ0) is 20.3. The Kier molecular flexibility index (Phi) is 5.58. The highest BCUT2D eigenvalue weighted by molar-refractivity contribution is 6.12. The fourth-order valence-corrected chi connectivity index (χ4v) is 3.47. The van der Waals surface area contributed by atoms with Crippen molar-refractivity contribution in [2.75, 3.05) is 0 Å². The smallest absolute Gasteiger partial charge is 0.339 e. The number of ether oxygens (including phenoxy) is 1. The van der Waals surface area contributed by atoms with Gasteiger partial charge in [0, 0.05) is 0 Å². The van der Waals surface area contributed by atoms with E-state index in [1.54, 1.807) is 48.5 Å². The summed E-state index contributed by atoms with van der Waals surface area (Å²) in [7, 11) is 0. The minimum Gasteiger partial charge on any atom is -0.480 e. The molecule has 28 heavy (non-hydrogen) atoms. The Morgan fingerprint density at radius 2 is 1.82 bits per heavy atom. The van der Waals surface area contributed by atoms with E-state index in [0.717, 1.165) is 5.56 Å². The summed E-state index contributed by atoms with van der Waals surface area (Å²) in [6, 6.07) is 13.7. The van der Waals surface area contributed by atoms with Crippen LogP contribution in [0.15, 0.2) is 54.6 Å². The van der Waals surface area contributed by atoms with E-state index in [2.05, 4.69) is 5.32 Å². The normalized spacial score (nSPS) is 22.0. The summed E-state index contributed by atoms with van der Waals surface area (Å²) in [5.41, 5.74) is 5.59. The van der Waals surface area contributed by atoms with Crippen molar-refractivity contribution in [3.63, 3.8) is 0 Å². The second-order valence-corrected chi connectivity index (χ2v) is 6.86. The van der Waals surface area contributed by atoms with E-state index in [0.29, 0.717) is 11.1 Å². The van der Waals surface area contributed by atoms with Gasteiger partial charge in [0.1, 0.15) is 12.6 Å². The molecule has 0 fully saturated rings. The van der Waals surface area contributed by atoms with Crippen molar-refractivity contribution >= 4 is 17.7 Å². The molecule has 4 N–H and O–H groups in total. The van der Waals surface area contributed by atoms with Gasteiger partial charge in [-0.15, -0.1) is 0 Å². The Morgan fingerprint density at radius 1 is 1.18 bits per heavy atom. The van der Waals surface area contributed by atoms with Crippen LogP contribution in [-0.2, 0) is 37.7 Å². The summed E-state index contributed by atoms with van der Waals surface area (Å²) in [6.45, 7) is 1.42. The standard InChI is InChI=1S/C21H22N2O5/c1-13(22)18(24)21(20(27)28-12-14-7-3-2-4-8-14)16-10-6-5-9-15(16)11-17(23-21)19(25)26/h2-10,13,17,23H,11-12,22H2,1H3,(H,25,26)/t13-,17?,21?/m0/s1. The highest BCUT2D eigenvalue weighted by atomic mass is 16.5. The molecule has 0 radical (unpaired) electrons. The van der Waals surface area contributed by atoms with E-state index in [1.165, 1.54) is 6.92 Å². The zero-order valence-corrected chi connectivity index (χ0v) is 15.4. The van der Waals surface area contributed by atoms with Gasteiger partial charge in [0.25, 0.3) is 0 Å². The predicted octanol–water partition coefficient (Wildman–Crippen LogP) is 1.14. The molecule has 0 aromatic heterocycles. The molecule has 0 bridgehead atoms. The molecular weight excluding hydrogens is 360 g/mol. The first-order valence-corrected chi connectivity index (χ1v) is 8.96. The molecule has 0 saturated carbocycles. The number of benzene rings is 2. The molecule has 1 heterocycles. The number of hydrogen-bond acceptors (Lipinski definition) is 6. The second kappa shape index (κ2) is 7.92. The van der Waals surface area contributed by atoms with Gasteiger partial charge in [-0.25, -0.2) is 4.79 Å². The first-order valence-electron chi connectivity index (χ1n) is 8.96. The number of carbonyl (C=O) groups is 3. The molecule has 0 amide bonds. The molecule has 0 spiro atoms. The summed E-state index contributed by atoms with van der Waals surface area (Å²) < 4.78 is 5.46. The van der Waals surface area contributed by atoms with Crippen LogP contribution in [0, 0.1) is 0 Å². The van der Waals surface area contributed by atoms with Crippen LogP contribution in [0.2, 0.25) is 0 Å². The molecule has 7 heteroatoms. The van der Waals surface area contributed by atoms with Crippen LogP contribution >= 0.6 is 0 Å². The summed E-state index contributed by atoms with van der Waals surface area (Å²) in [5.74, 6) is -2.66. The zero-order valence-electron chi connectivity index (χ0n) is 15.4. The van der Waals surface area contributed by atoms with Crippen LogP contribution in [-0.4, -0.2) is 34.9 Å². The van der Waals surface area contributed by atoms with Crippen LogP contribution in [0.25, 0.3) is 0 Å². The lowest BCUT2D eigenvalue weighted by molar-refractivity contribution is -0.160. The molecule has 2 aromatic rings. The topological polar surface area (TPSA) is 119 Å². The molecule has 2 unspecified atom stereocenters. The van der Waals surface area contributed by atoms with Crippen LogP contribution in [0.1, 0.15) is 23.6 Å². The van der Waals surface area contributed by atoms with Gasteiger partial charge in [0.05, 0.1) is 6.04 Å². The van der Waals surface area contributed by atoms with E-state index in [1.807, 2.05) is 6.07 Å². The van der Waals surface area contributed by atoms with Gasteiger partial charge < -0.3 is 15.6 Å². The number of carboxylic acid groups (broad SMARTS) is 1. The van der Waals surface area contributed by atoms with Gasteiger partial charge in [0.15, 0.2) is 5.78 Å². The third-order valence-corrected chi connectivity index (χ3v) is 4.84. The average molecular weight is 382 g/mol. The number of hydrogen-bond donors (Lipinski definition) is 3. The number of rotatable bonds is 6. The Labute approximate surface area is 162 Å². The Morgan fingerprint density at radius 3 is 2.46 bits per heavy atom. The number of nitrogens with one attached hydrogen (secondary N) is 1. The summed E-state index contributed by atoms with van der Waals surface area (Å²) in [6.07, 6.45) is 0.144. The minimum atomic E-state index is -1.97. The number of esters is 1. The highest BCUT2D eigenvalue weighted by Gasteiger charge is 2.55. The number of carbonyl (C=O) groups excluding carboxylic acids is 2. The molecule has 146 valence electrons. The summed E-state index contributed by atoms with van der Waals surface area (Å²) >= 11 is 0. The number of carboxylic acids is 1. The van der Waals surface area contributed by atoms with Crippen LogP contribution in [0.5, 0.6) is 0 Å². The molecule has 2 aromatic carbocycles. The number of ketones is 1. The fourth-order valence-electron chi connectivity index (χ4n) is 3.47. The molecule has 1 aliphatic heterocycles. The lowest BCUT2D eigenvalue weighted by Crippen LogP contribution is -2.66. The lowest BCUT2D eigenvalue weighted by atomic mass is 9.75. The molecular formula is C21H22N2O5. The minimum absolute atomic E-state index is 0.0464. The SMILES string of the molecule is C[C@H](N)C(=O)C1(C(=O)OCc2ccccc2)NC(C(=O)O)Cc2ccccc21. The van der Waals surface area contributed by atoms with Gasteiger partial charge in [0.2, 0.25) is 5.54 Å². The number of Topliss-reactive ketones (excluding diaryl/α,β-unsaturated/α-hetero) is 1.